The number of rotatable bonds is 4. The number of nitrogens with zero attached hydrogens (tertiary/aromatic N) is 3. The van der Waals surface area contributed by atoms with Crippen LogP contribution in [0, 0.1) is 6.92 Å². The summed E-state index contributed by atoms with van der Waals surface area (Å²) in [5.41, 5.74) is 1.78. The summed E-state index contributed by atoms with van der Waals surface area (Å²) in [7, 11) is 0. The van der Waals surface area contributed by atoms with Crippen LogP contribution in [-0.2, 0) is 11.2 Å². The first-order chi connectivity index (χ1) is 11.3. The first-order valence-electron chi connectivity index (χ1n) is 7.71. The molecule has 1 aliphatic heterocycles. The zero-order valence-corrected chi connectivity index (χ0v) is 12.9. The van der Waals surface area contributed by atoms with Crippen molar-refractivity contribution in [2.75, 3.05) is 13.2 Å². The van der Waals surface area contributed by atoms with E-state index < -0.39 is 0 Å². The third kappa shape index (κ3) is 2.90. The van der Waals surface area contributed by atoms with Gasteiger partial charge in [-0.3, -0.25) is 0 Å². The lowest BCUT2D eigenvalue weighted by Crippen LogP contribution is -2.00. The Morgan fingerprint density at radius 1 is 1.17 bits per heavy atom. The minimum Gasteiger partial charge on any atom is -0.441 e. The highest BCUT2D eigenvalue weighted by atomic mass is 16.5. The number of aryl methyl sites for hydroxylation is 1. The lowest BCUT2D eigenvalue weighted by molar-refractivity contribution is 0.192. The van der Waals surface area contributed by atoms with Crippen LogP contribution in [0.2, 0.25) is 0 Å². The Balaban J connectivity index is 1.54. The van der Waals surface area contributed by atoms with E-state index >= 15 is 0 Å². The maximum atomic E-state index is 5.76. The van der Waals surface area contributed by atoms with Crippen LogP contribution in [0.15, 0.2) is 39.3 Å². The molecule has 0 N–H and O–H groups in total. The average molecular weight is 311 g/mol. The molecule has 1 aromatic carbocycles. The second-order valence-corrected chi connectivity index (χ2v) is 5.67. The first kappa shape index (κ1) is 14.1. The third-order valence-corrected chi connectivity index (χ3v) is 4.01. The van der Waals surface area contributed by atoms with Crippen LogP contribution in [0.5, 0.6) is 0 Å². The minimum absolute atomic E-state index is 0.241. The van der Waals surface area contributed by atoms with Crippen LogP contribution in [0.3, 0.4) is 0 Å². The number of benzene rings is 1. The molecule has 0 unspecified atom stereocenters. The molecule has 4 rings (SSSR count). The Hall–Kier alpha value is -2.47. The molecule has 0 saturated carbocycles. The van der Waals surface area contributed by atoms with Crippen molar-refractivity contribution in [3.63, 3.8) is 0 Å². The molecular formula is C17H17N3O3. The molecule has 1 fully saturated rings. The fraction of sp³-hybridized carbons (Fsp3) is 0.353. The molecule has 23 heavy (non-hydrogen) atoms. The Bertz CT molecular complexity index is 789. The highest BCUT2D eigenvalue weighted by Gasteiger charge is 2.23. The molecule has 2 aromatic heterocycles. The molecule has 0 amide bonds. The monoisotopic (exact) mass is 311 g/mol. The van der Waals surface area contributed by atoms with Crippen molar-refractivity contribution in [3.05, 3.63) is 53.5 Å². The van der Waals surface area contributed by atoms with E-state index in [1.165, 1.54) is 0 Å². The number of hydrogen-bond donors (Lipinski definition) is 0. The maximum absolute atomic E-state index is 5.76. The molecule has 1 atom stereocenters. The van der Waals surface area contributed by atoms with Crippen molar-refractivity contribution in [1.29, 1.82) is 0 Å². The summed E-state index contributed by atoms with van der Waals surface area (Å²) >= 11 is 0. The molecule has 0 bridgehead atoms. The van der Waals surface area contributed by atoms with Gasteiger partial charge in [-0.25, -0.2) is 4.98 Å². The summed E-state index contributed by atoms with van der Waals surface area (Å²) in [6.07, 6.45) is 1.42. The Morgan fingerprint density at radius 2 is 2.04 bits per heavy atom. The number of oxazole rings is 1. The Kier molecular flexibility index (Phi) is 3.67. The van der Waals surface area contributed by atoms with Crippen molar-refractivity contribution in [1.82, 2.24) is 15.1 Å². The van der Waals surface area contributed by atoms with Gasteiger partial charge in [-0.1, -0.05) is 23.4 Å². The van der Waals surface area contributed by atoms with Crippen molar-refractivity contribution in [2.24, 2.45) is 0 Å². The summed E-state index contributed by atoms with van der Waals surface area (Å²) in [5.74, 6) is 2.91. The van der Waals surface area contributed by atoms with Gasteiger partial charge >= 0.3 is 0 Å². The lowest BCUT2D eigenvalue weighted by Gasteiger charge is -1.97. The van der Waals surface area contributed by atoms with Gasteiger partial charge in [0, 0.05) is 18.1 Å². The predicted molar refractivity (Wildman–Crippen MR) is 82.0 cm³/mol. The van der Waals surface area contributed by atoms with Crippen LogP contribution in [-0.4, -0.2) is 28.3 Å². The van der Waals surface area contributed by atoms with E-state index in [1.807, 2.05) is 37.3 Å². The van der Waals surface area contributed by atoms with E-state index in [4.69, 9.17) is 13.7 Å². The molecule has 118 valence electrons. The summed E-state index contributed by atoms with van der Waals surface area (Å²) in [4.78, 5) is 9.03. The second-order valence-electron chi connectivity index (χ2n) is 5.67. The summed E-state index contributed by atoms with van der Waals surface area (Å²) in [5, 5.41) is 4.06. The summed E-state index contributed by atoms with van der Waals surface area (Å²) in [6, 6.07) is 9.83. The van der Waals surface area contributed by atoms with Crippen LogP contribution in [0.25, 0.3) is 11.5 Å². The molecule has 6 nitrogen and oxygen atoms in total. The average Bonchev–Trinajstić information content (AvgIpc) is 3.30. The van der Waals surface area contributed by atoms with Crippen LogP contribution < -0.4 is 0 Å². The largest absolute Gasteiger partial charge is 0.441 e. The molecular weight excluding hydrogens is 294 g/mol. The molecule has 3 aromatic rings. The number of aromatic nitrogens is 3. The smallest absolute Gasteiger partial charge is 0.232 e. The molecule has 0 radical (unpaired) electrons. The van der Waals surface area contributed by atoms with Gasteiger partial charge in [0.15, 0.2) is 5.82 Å². The van der Waals surface area contributed by atoms with Gasteiger partial charge in [0.2, 0.25) is 11.8 Å². The Morgan fingerprint density at radius 3 is 2.83 bits per heavy atom. The maximum Gasteiger partial charge on any atom is 0.232 e. The quantitative estimate of drug-likeness (QED) is 0.737. The summed E-state index contributed by atoms with van der Waals surface area (Å²) < 4.78 is 16.5. The molecule has 0 aliphatic carbocycles. The van der Waals surface area contributed by atoms with Crippen molar-refractivity contribution >= 4 is 0 Å². The van der Waals surface area contributed by atoms with Crippen LogP contribution >= 0.6 is 0 Å². The van der Waals surface area contributed by atoms with E-state index in [0.29, 0.717) is 24.8 Å². The molecule has 0 spiro atoms. The van der Waals surface area contributed by atoms with Crippen LogP contribution in [0.1, 0.15) is 35.5 Å². The van der Waals surface area contributed by atoms with E-state index in [0.717, 1.165) is 35.9 Å². The van der Waals surface area contributed by atoms with E-state index in [2.05, 4.69) is 15.1 Å². The van der Waals surface area contributed by atoms with Gasteiger partial charge in [0.05, 0.1) is 18.7 Å². The molecule has 1 saturated heterocycles. The van der Waals surface area contributed by atoms with Crippen molar-refractivity contribution in [3.8, 4) is 11.5 Å². The zero-order valence-electron chi connectivity index (χ0n) is 12.9. The Labute approximate surface area is 133 Å². The first-order valence-corrected chi connectivity index (χ1v) is 7.71. The van der Waals surface area contributed by atoms with Gasteiger partial charge in [-0.2, -0.15) is 4.98 Å². The highest BCUT2D eigenvalue weighted by Crippen LogP contribution is 2.25. The zero-order chi connectivity index (χ0) is 15.6. The number of ether oxygens (including phenoxy) is 1. The molecule has 1 aliphatic rings. The second kappa shape index (κ2) is 5.96. The molecule has 6 heteroatoms. The van der Waals surface area contributed by atoms with Gasteiger partial charge in [0.25, 0.3) is 0 Å². The van der Waals surface area contributed by atoms with Crippen molar-refractivity contribution in [2.45, 2.75) is 25.7 Å². The summed E-state index contributed by atoms with van der Waals surface area (Å²) in [6.45, 7) is 3.33. The van der Waals surface area contributed by atoms with Gasteiger partial charge in [-0.15, -0.1) is 0 Å². The normalized spacial score (nSPS) is 17.7. The molecule has 3 heterocycles. The topological polar surface area (TPSA) is 74.2 Å². The minimum atomic E-state index is 0.241. The fourth-order valence-corrected chi connectivity index (χ4v) is 2.68. The van der Waals surface area contributed by atoms with E-state index in [1.54, 1.807) is 0 Å². The lowest BCUT2D eigenvalue weighted by atomic mass is 10.1. The van der Waals surface area contributed by atoms with Gasteiger partial charge in [0.1, 0.15) is 5.76 Å². The van der Waals surface area contributed by atoms with Gasteiger partial charge < -0.3 is 13.7 Å². The van der Waals surface area contributed by atoms with Gasteiger partial charge in [-0.05, 0) is 25.5 Å². The van der Waals surface area contributed by atoms with Crippen LogP contribution in [0.4, 0.5) is 0 Å². The predicted octanol–water partition coefficient (Wildman–Crippen LogP) is 3.13. The standard InChI is InChI=1S/C17H17N3O3/c1-11-14(18-17(22-11)12-5-3-2-4-6-12)9-15-19-16(20-23-15)13-7-8-21-10-13/h2-6,13H,7-10H2,1H3/t13-/m1/s1. The fourth-order valence-electron chi connectivity index (χ4n) is 2.68. The van der Waals surface area contributed by atoms with Crippen molar-refractivity contribution < 1.29 is 13.7 Å². The highest BCUT2D eigenvalue weighted by molar-refractivity contribution is 5.53. The third-order valence-electron chi connectivity index (χ3n) is 4.01. The number of hydrogen-bond acceptors (Lipinski definition) is 6. The van der Waals surface area contributed by atoms with E-state index in [-0.39, 0.29) is 5.92 Å². The SMILES string of the molecule is Cc1oc(-c2ccccc2)nc1Cc1nc([C@@H]2CCOC2)no1. The van der Waals surface area contributed by atoms with E-state index in [9.17, 15) is 0 Å².